The van der Waals surface area contributed by atoms with Gasteiger partial charge >= 0.3 is 0 Å². The fourth-order valence-corrected chi connectivity index (χ4v) is 2.77. The molecule has 1 saturated carbocycles. The lowest BCUT2D eigenvalue weighted by Gasteiger charge is -2.35. The van der Waals surface area contributed by atoms with E-state index in [1.807, 2.05) is 29.1 Å². The Kier molecular flexibility index (Phi) is 3.38. The van der Waals surface area contributed by atoms with Gasteiger partial charge in [0.2, 0.25) is 0 Å². The molecule has 1 fully saturated rings. The molecule has 3 heteroatoms. The van der Waals surface area contributed by atoms with Gasteiger partial charge in [0.05, 0.1) is 11.9 Å². The van der Waals surface area contributed by atoms with Crippen molar-refractivity contribution in [1.82, 2.24) is 15.1 Å². The van der Waals surface area contributed by atoms with E-state index < -0.39 is 0 Å². The lowest BCUT2D eigenvalue weighted by Crippen LogP contribution is -2.41. The van der Waals surface area contributed by atoms with Gasteiger partial charge in [0, 0.05) is 23.8 Å². The molecule has 1 unspecified atom stereocenters. The van der Waals surface area contributed by atoms with Crippen LogP contribution in [0.2, 0.25) is 0 Å². The molecular formula is C16H21N3. The van der Waals surface area contributed by atoms with Gasteiger partial charge in [0.1, 0.15) is 0 Å². The molecule has 3 nitrogen and oxygen atoms in total. The van der Waals surface area contributed by atoms with Crippen molar-refractivity contribution in [3.8, 4) is 5.69 Å². The molecule has 3 rings (SSSR count). The SMILES string of the molecule is CC1CC(NC(C)c2cnn(-c3ccccc3)c2)C1. The molecule has 0 amide bonds. The van der Waals surface area contributed by atoms with Crippen LogP contribution in [0.1, 0.15) is 38.3 Å². The summed E-state index contributed by atoms with van der Waals surface area (Å²) in [7, 11) is 0. The summed E-state index contributed by atoms with van der Waals surface area (Å²) in [6.45, 7) is 4.53. The third-order valence-corrected chi connectivity index (χ3v) is 3.98. The van der Waals surface area contributed by atoms with E-state index in [1.165, 1.54) is 18.4 Å². The van der Waals surface area contributed by atoms with Crippen molar-refractivity contribution in [2.45, 2.75) is 38.8 Å². The standard InChI is InChI=1S/C16H21N3/c1-12-8-15(9-12)18-13(2)14-10-17-19(11-14)16-6-4-3-5-7-16/h3-7,10-13,15,18H,8-9H2,1-2H3. The molecule has 2 aromatic rings. The molecule has 0 radical (unpaired) electrons. The van der Waals surface area contributed by atoms with Crippen LogP contribution in [0.25, 0.3) is 5.69 Å². The van der Waals surface area contributed by atoms with Crippen LogP contribution in [-0.4, -0.2) is 15.8 Å². The van der Waals surface area contributed by atoms with Crippen molar-refractivity contribution >= 4 is 0 Å². The second kappa shape index (κ2) is 5.17. The highest BCUT2D eigenvalue weighted by Crippen LogP contribution is 2.28. The first-order chi connectivity index (χ1) is 9.22. The molecule has 1 N–H and O–H groups in total. The Morgan fingerprint density at radius 1 is 1.26 bits per heavy atom. The van der Waals surface area contributed by atoms with E-state index in [9.17, 15) is 0 Å². The number of hydrogen-bond acceptors (Lipinski definition) is 2. The third-order valence-electron chi connectivity index (χ3n) is 3.98. The second-order valence-electron chi connectivity index (χ2n) is 5.72. The average Bonchev–Trinajstić information content (AvgIpc) is 2.87. The zero-order valence-corrected chi connectivity index (χ0v) is 11.6. The summed E-state index contributed by atoms with van der Waals surface area (Å²) in [5.41, 5.74) is 2.36. The fourth-order valence-electron chi connectivity index (χ4n) is 2.77. The van der Waals surface area contributed by atoms with Crippen LogP contribution < -0.4 is 5.32 Å². The molecule has 100 valence electrons. The lowest BCUT2D eigenvalue weighted by molar-refractivity contribution is 0.226. The maximum Gasteiger partial charge on any atom is 0.0645 e. The van der Waals surface area contributed by atoms with E-state index in [4.69, 9.17) is 0 Å². The van der Waals surface area contributed by atoms with Crippen molar-refractivity contribution in [1.29, 1.82) is 0 Å². The van der Waals surface area contributed by atoms with Gasteiger partial charge in [-0.15, -0.1) is 0 Å². The van der Waals surface area contributed by atoms with Gasteiger partial charge in [-0.1, -0.05) is 25.1 Å². The van der Waals surface area contributed by atoms with Gasteiger partial charge in [0.15, 0.2) is 0 Å². The molecule has 0 saturated heterocycles. The molecule has 1 heterocycles. The zero-order valence-electron chi connectivity index (χ0n) is 11.6. The number of benzene rings is 1. The Bertz CT molecular complexity index is 526. The monoisotopic (exact) mass is 255 g/mol. The van der Waals surface area contributed by atoms with Crippen LogP contribution in [0, 0.1) is 5.92 Å². The Morgan fingerprint density at radius 2 is 2.00 bits per heavy atom. The van der Waals surface area contributed by atoms with Gasteiger partial charge in [-0.05, 0) is 37.8 Å². The highest BCUT2D eigenvalue weighted by Gasteiger charge is 2.26. The van der Waals surface area contributed by atoms with Crippen LogP contribution in [0.15, 0.2) is 42.7 Å². The smallest absolute Gasteiger partial charge is 0.0645 e. The van der Waals surface area contributed by atoms with E-state index in [0.29, 0.717) is 12.1 Å². The Balaban J connectivity index is 1.67. The van der Waals surface area contributed by atoms with Crippen LogP contribution in [0.5, 0.6) is 0 Å². The first kappa shape index (κ1) is 12.4. The molecule has 1 aromatic heterocycles. The first-order valence-corrected chi connectivity index (χ1v) is 7.08. The largest absolute Gasteiger partial charge is 0.307 e. The molecular weight excluding hydrogens is 234 g/mol. The van der Waals surface area contributed by atoms with Crippen LogP contribution in [0.4, 0.5) is 0 Å². The van der Waals surface area contributed by atoms with E-state index >= 15 is 0 Å². The summed E-state index contributed by atoms with van der Waals surface area (Å²) in [6.07, 6.45) is 6.69. The van der Waals surface area contributed by atoms with E-state index in [-0.39, 0.29) is 0 Å². The second-order valence-corrected chi connectivity index (χ2v) is 5.72. The van der Waals surface area contributed by atoms with Crippen LogP contribution in [0.3, 0.4) is 0 Å². The maximum absolute atomic E-state index is 4.45. The molecule has 0 aliphatic heterocycles. The van der Waals surface area contributed by atoms with Crippen molar-refractivity contribution in [2.24, 2.45) is 5.92 Å². The normalized spacial score (nSPS) is 23.9. The molecule has 0 bridgehead atoms. The van der Waals surface area contributed by atoms with E-state index in [0.717, 1.165) is 11.6 Å². The topological polar surface area (TPSA) is 29.9 Å². The molecule has 1 atom stereocenters. The molecule has 1 aliphatic carbocycles. The third kappa shape index (κ3) is 2.71. The minimum absolute atomic E-state index is 0.370. The average molecular weight is 255 g/mol. The van der Waals surface area contributed by atoms with Gasteiger partial charge in [0.25, 0.3) is 0 Å². The minimum Gasteiger partial charge on any atom is -0.307 e. The van der Waals surface area contributed by atoms with Crippen molar-refractivity contribution in [3.05, 3.63) is 48.3 Å². The number of nitrogens with zero attached hydrogens (tertiary/aromatic N) is 2. The number of aromatic nitrogens is 2. The highest BCUT2D eigenvalue weighted by atomic mass is 15.3. The minimum atomic E-state index is 0.370. The van der Waals surface area contributed by atoms with Gasteiger partial charge in [-0.2, -0.15) is 5.10 Å². The molecule has 1 aromatic carbocycles. The number of para-hydroxylation sites is 1. The first-order valence-electron chi connectivity index (χ1n) is 7.08. The predicted octanol–water partition coefficient (Wildman–Crippen LogP) is 3.32. The summed E-state index contributed by atoms with van der Waals surface area (Å²) >= 11 is 0. The van der Waals surface area contributed by atoms with Crippen LogP contribution in [-0.2, 0) is 0 Å². The summed E-state index contributed by atoms with van der Waals surface area (Å²) in [5.74, 6) is 0.886. The van der Waals surface area contributed by atoms with Gasteiger partial charge in [-0.3, -0.25) is 0 Å². The van der Waals surface area contributed by atoms with Gasteiger partial charge in [-0.25, -0.2) is 4.68 Å². The molecule has 0 spiro atoms. The summed E-state index contributed by atoms with van der Waals surface area (Å²) in [4.78, 5) is 0. The number of nitrogens with one attached hydrogen (secondary N) is 1. The lowest BCUT2D eigenvalue weighted by atomic mass is 9.81. The quantitative estimate of drug-likeness (QED) is 0.908. The van der Waals surface area contributed by atoms with Crippen molar-refractivity contribution in [3.63, 3.8) is 0 Å². The Hall–Kier alpha value is -1.61. The summed E-state index contributed by atoms with van der Waals surface area (Å²) < 4.78 is 1.94. The van der Waals surface area contributed by atoms with Crippen molar-refractivity contribution < 1.29 is 0 Å². The fraction of sp³-hybridized carbons (Fsp3) is 0.438. The number of rotatable bonds is 4. The zero-order chi connectivity index (χ0) is 13.2. The van der Waals surface area contributed by atoms with Crippen LogP contribution >= 0.6 is 0 Å². The predicted molar refractivity (Wildman–Crippen MR) is 77.3 cm³/mol. The van der Waals surface area contributed by atoms with Crippen molar-refractivity contribution in [2.75, 3.05) is 0 Å². The molecule has 1 aliphatic rings. The van der Waals surface area contributed by atoms with E-state index in [1.54, 1.807) is 0 Å². The summed E-state index contributed by atoms with van der Waals surface area (Å²) in [5, 5.41) is 8.12. The number of hydrogen-bond donors (Lipinski definition) is 1. The maximum atomic E-state index is 4.45. The Morgan fingerprint density at radius 3 is 2.68 bits per heavy atom. The highest BCUT2D eigenvalue weighted by molar-refractivity contribution is 5.31. The van der Waals surface area contributed by atoms with E-state index in [2.05, 4.69) is 42.6 Å². The van der Waals surface area contributed by atoms with Gasteiger partial charge < -0.3 is 5.32 Å². The Labute approximate surface area is 114 Å². The summed E-state index contributed by atoms with van der Waals surface area (Å²) in [6, 6.07) is 11.3. The molecule has 19 heavy (non-hydrogen) atoms.